The van der Waals surface area contributed by atoms with Gasteiger partial charge in [-0.25, -0.2) is 0 Å². The first-order valence-electron chi connectivity index (χ1n) is 7.66. The second kappa shape index (κ2) is 7.28. The summed E-state index contributed by atoms with van der Waals surface area (Å²) >= 11 is 6.21. The number of rotatable bonds is 5. The molecule has 0 aromatic heterocycles. The zero-order chi connectivity index (χ0) is 15.4. The minimum Gasteiger partial charge on any atom is -0.381 e. The summed E-state index contributed by atoms with van der Waals surface area (Å²) in [6, 6.07) is 3.75. The molecule has 1 saturated heterocycles. The zero-order valence-corrected chi connectivity index (χ0v) is 13.9. The van der Waals surface area contributed by atoms with E-state index in [0.29, 0.717) is 10.9 Å². The van der Waals surface area contributed by atoms with Gasteiger partial charge < -0.3 is 9.64 Å². The molecule has 0 atom stereocenters. The van der Waals surface area contributed by atoms with Crippen molar-refractivity contribution in [2.24, 2.45) is 5.92 Å². The van der Waals surface area contributed by atoms with Crippen LogP contribution < -0.4 is 4.90 Å². The number of benzene rings is 1. The zero-order valence-electron chi connectivity index (χ0n) is 13.1. The average Bonchev–Trinajstić information content (AvgIpc) is 2.48. The number of Topliss-reactive ketones (excluding diaryl/α,β-unsaturated/α-hetero) is 1. The molecule has 0 aliphatic carbocycles. The van der Waals surface area contributed by atoms with Gasteiger partial charge >= 0.3 is 0 Å². The van der Waals surface area contributed by atoms with Gasteiger partial charge in [0.15, 0.2) is 5.78 Å². The molecule has 1 fully saturated rings. The van der Waals surface area contributed by atoms with E-state index >= 15 is 0 Å². The molecule has 1 aliphatic heterocycles. The molecule has 3 nitrogen and oxygen atoms in total. The molecule has 1 heterocycles. The lowest BCUT2D eigenvalue weighted by Crippen LogP contribution is -2.33. The third-order valence-electron chi connectivity index (χ3n) is 4.27. The molecule has 116 valence electrons. The highest BCUT2D eigenvalue weighted by Crippen LogP contribution is 2.30. The van der Waals surface area contributed by atoms with Gasteiger partial charge in [-0.3, -0.25) is 4.79 Å². The Bertz CT molecular complexity index is 510. The summed E-state index contributed by atoms with van der Waals surface area (Å²) in [5.74, 6) is 0.719. The smallest absolute Gasteiger partial charge is 0.160 e. The summed E-state index contributed by atoms with van der Waals surface area (Å²) < 4.78 is 5.43. The molecule has 0 amide bonds. The number of ketones is 1. The Morgan fingerprint density at radius 2 is 2.05 bits per heavy atom. The number of hydrogen-bond donors (Lipinski definition) is 0. The van der Waals surface area contributed by atoms with Crippen molar-refractivity contribution in [1.29, 1.82) is 0 Å². The largest absolute Gasteiger partial charge is 0.381 e. The molecular formula is C17H24ClNO2. The minimum absolute atomic E-state index is 0.0679. The number of hydrogen-bond acceptors (Lipinski definition) is 3. The van der Waals surface area contributed by atoms with Crippen molar-refractivity contribution in [3.05, 3.63) is 28.3 Å². The van der Waals surface area contributed by atoms with Crippen LogP contribution in [0.4, 0.5) is 5.69 Å². The quantitative estimate of drug-likeness (QED) is 0.767. The lowest BCUT2D eigenvalue weighted by atomic mass is 9.98. The van der Waals surface area contributed by atoms with E-state index in [9.17, 15) is 4.79 Å². The first-order valence-corrected chi connectivity index (χ1v) is 8.04. The summed E-state index contributed by atoms with van der Waals surface area (Å²) in [6.45, 7) is 9.37. The van der Waals surface area contributed by atoms with Gasteiger partial charge in [0.2, 0.25) is 0 Å². The maximum atomic E-state index is 11.8. The molecule has 0 bridgehead atoms. The number of nitrogens with zero attached hydrogens (tertiary/aromatic N) is 1. The van der Waals surface area contributed by atoms with E-state index in [1.54, 1.807) is 13.0 Å². The highest BCUT2D eigenvalue weighted by Gasteiger charge is 2.20. The van der Waals surface area contributed by atoms with Crippen molar-refractivity contribution in [3.8, 4) is 0 Å². The normalized spacial score (nSPS) is 16.0. The van der Waals surface area contributed by atoms with E-state index < -0.39 is 0 Å². The van der Waals surface area contributed by atoms with Crippen molar-refractivity contribution in [3.63, 3.8) is 0 Å². The predicted molar refractivity (Wildman–Crippen MR) is 87.6 cm³/mol. The van der Waals surface area contributed by atoms with Gasteiger partial charge in [0.05, 0.1) is 0 Å². The Kier molecular flexibility index (Phi) is 5.65. The fourth-order valence-corrected chi connectivity index (χ4v) is 3.21. The molecule has 1 aromatic rings. The van der Waals surface area contributed by atoms with Gasteiger partial charge in [0, 0.05) is 42.6 Å². The van der Waals surface area contributed by atoms with Crippen LogP contribution in [0.15, 0.2) is 12.1 Å². The molecule has 1 aromatic carbocycles. The van der Waals surface area contributed by atoms with Crippen LogP contribution in [0.25, 0.3) is 0 Å². The summed E-state index contributed by atoms with van der Waals surface area (Å²) in [4.78, 5) is 14.1. The third-order valence-corrected chi connectivity index (χ3v) is 4.48. The Balaban J connectivity index is 2.26. The lowest BCUT2D eigenvalue weighted by Gasteiger charge is -2.32. The molecule has 4 heteroatoms. The van der Waals surface area contributed by atoms with Crippen LogP contribution in [0.2, 0.25) is 5.02 Å². The molecule has 1 aliphatic rings. The van der Waals surface area contributed by atoms with Crippen LogP contribution in [-0.2, 0) is 4.74 Å². The van der Waals surface area contributed by atoms with Gasteiger partial charge in [0.1, 0.15) is 0 Å². The second-order valence-corrected chi connectivity index (χ2v) is 6.18. The highest BCUT2D eigenvalue weighted by molar-refractivity contribution is 6.31. The summed E-state index contributed by atoms with van der Waals surface area (Å²) in [5, 5.41) is 0.631. The number of anilines is 1. The fraction of sp³-hybridized carbons (Fsp3) is 0.588. The first-order chi connectivity index (χ1) is 10.0. The van der Waals surface area contributed by atoms with Gasteiger partial charge in [-0.15, -0.1) is 0 Å². The molecule has 0 spiro atoms. The Morgan fingerprint density at radius 1 is 1.38 bits per heavy atom. The maximum Gasteiger partial charge on any atom is 0.160 e. The molecule has 2 rings (SSSR count). The van der Waals surface area contributed by atoms with Gasteiger partial charge in [-0.2, -0.15) is 0 Å². The van der Waals surface area contributed by atoms with E-state index in [-0.39, 0.29) is 5.78 Å². The van der Waals surface area contributed by atoms with Gasteiger partial charge in [0.25, 0.3) is 0 Å². The number of halogens is 1. The second-order valence-electron chi connectivity index (χ2n) is 5.75. The monoisotopic (exact) mass is 309 g/mol. The lowest BCUT2D eigenvalue weighted by molar-refractivity contribution is 0.0683. The van der Waals surface area contributed by atoms with Crippen LogP contribution in [0.3, 0.4) is 0 Å². The van der Waals surface area contributed by atoms with Crippen molar-refractivity contribution in [2.75, 3.05) is 31.2 Å². The number of ether oxygens (including phenoxy) is 1. The topological polar surface area (TPSA) is 29.5 Å². The fourth-order valence-electron chi connectivity index (χ4n) is 3.00. The summed E-state index contributed by atoms with van der Waals surface area (Å²) in [5.41, 5.74) is 2.84. The SMILES string of the molecule is CCN(CC1CCOCC1)c1cc(Cl)cc(C(C)=O)c1C. The van der Waals surface area contributed by atoms with E-state index in [4.69, 9.17) is 16.3 Å². The van der Waals surface area contributed by atoms with E-state index in [2.05, 4.69) is 11.8 Å². The Morgan fingerprint density at radius 3 is 2.62 bits per heavy atom. The summed E-state index contributed by atoms with van der Waals surface area (Å²) in [6.07, 6.45) is 2.21. The van der Waals surface area contributed by atoms with Gasteiger partial charge in [-0.05, 0) is 57.2 Å². The predicted octanol–water partition coefficient (Wildman–Crippen LogP) is 4.10. The molecule has 0 N–H and O–H groups in total. The van der Waals surface area contributed by atoms with E-state index in [1.807, 2.05) is 13.0 Å². The Labute approximate surface area is 132 Å². The molecular weight excluding hydrogens is 286 g/mol. The number of carbonyl (C=O) groups excluding carboxylic acids is 1. The third kappa shape index (κ3) is 3.98. The molecule has 0 saturated carbocycles. The standard InChI is InChI=1S/C17H24ClNO2/c1-4-19(11-14-5-7-21-8-6-14)17-10-15(18)9-16(12(17)2)13(3)20/h9-10,14H,4-8,11H2,1-3H3. The van der Waals surface area contributed by atoms with Crippen LogP contribution in [0, 0.1) is 12.8 Å². The van der Waals surface area contributed by atoms with Crippen LogP contribution >= 0.6 is 11.6 Å². The van der Waals surface area contributed by atoms with E-state index in [0.717, 1.165) is 56.0 Å². The van der Waals surface area contributed by atoms with Crippen LogP contribution in [0.5, 0.6) is 0 Å². The van der Waals surface area contributed by atoms with Crippen molar-refractivity contribution >= 4 is 23.1 Å². The Hall–Kier alpha value is -1.06. The van der Waals surface area contributed by atoms with Crippen molar-refractivity contribution < 1.29 is 9.53 Å². The van der Waals surface area contributed by atoms with Gasteiger partial charge in [-0.1, -0.05) is 11.6 Å². The van der Waals surface area contributed by atoms with Crippen molar-refractivity contribution in [2.45, 2.75) is 33.6 Å². The minimum atomic E-state index is 0.0679. The van der Waals surface area contributed by atoms with Crippen LogP contribution in [-0.4, -0.2) is 32.1 Å². The molecule has 0 unspecified atom stereocenters. The number of carbonyl (C=O) groups is 1. The van der Waals surface area contributed by atoms with Crippen LogP contribution in [0.1, 0.15) is 42.6 Å². The van der Waals surface area contributed by atoms with Crippen molar-refractivity contribution in [1.82, 2.24) is 0 Å². The molecule has 0 radical (unpaired) electrons. The average molecular weight is 310 g/mol. The molecule has 21 heavy (non-hydrogen) atoms. The van der Waals surface area contributed by atoms with E-state index in [1.165, 1.54) is 0 Å². The maximum absolute atomic E-state index is 11.8. The first kappa shape index (κ1) is 16.3. The highest BCUT2D eigenvalue weighted by atomic mass is 35.5. The summed E-state index contributed by atoms with van der Waals surface area (Å²) in [7, 11) is 0.